The number of benzene rings is 2. The van der Waals surface area contributed by atoms with E-state index in [1.54, 1.807) is 4.31 Å². The van der Waals surface area contributed by atoms with Crippen LogP contribution in [0, 0.1) is 0 Å². The largest absolute Gasteiger partial charge is 0.374 e. The number of H-pyrrole nitrogens is 1. The number of nitrogens with zero attached hydrogens (tertiary/aromatic N) is 2. The summed E-state index contributed by atoms with van der Waals surface area (Å²) in [6, 6.07) is 12.3. The second-order valence-electron chi connectivity index (χ2n) is 8.31. The molecule has 0 amide bonds. The van der Waals surface area contributed by atoms with Crippen molar-refractivity contribution in [3.05, 3.63) is 58.1 Å². The van der Waals surface area contributed by atoms with E-state index >= 15 is 0 Å². The van der Waals surface area contributed by atoms with E-state index in [9.17, 15) is 13.5 Å². The summed E-state index contributed by atoms with van der Waals surface area (Å²) < 4.78 is 24.9. The van der Waals surface area contributed by atoms with Crippen LogP contribution in [0.2, 0.25) is 5.02 Å². The molecule has 9 heteroatoms. The summed E-state index contributed by atoms with van der Waals surface area (Å²) in [6.07, 6.45) is 0.543. The molecule has 2 aliphatic heterocycles. The molecular formula is C22H25ClN4O3S. The molecule has 2 aliphatic rings. The number of aliphatic hydroxyl groups excluding tert-OH is 1. The number of hydrogen-bond donors (Lipinski definition) is 3. The van der Waals surface area contributed by atoms with Gasteiger partial charge in [0.15, 0.2) is 0 Å². The summed E-state index contributed by atoms with van der Waals surface area (Å²) in [5, 5.41) is 15.2. The zero-order valence-corrected chi connectivity index (χ0v) is 18.8. The normalized spacial score (nSPS) is 20.4. The zero-order chi connectivity index (χ0) is 21.8. The third-order valence-corrected chi connectivity index (χ3v) is 7.88. The molecule has 0 radical (unpaired) electrons. The van der Waals surface area contributed by atoms with Gasteiger partial charge in [0.1, 0.15) is 6.23 Å². The molecular weight excluding hydrogens is 436 g/mol. The maximum Gasteiger partial charge on any atom is 0.211 e. The Kier molecular flexibility index (Phi) is 5.32. The molecule has 1 saturated heterocycles. The molecule has 0 saturated carbocycles. The van der Waals surface area contributed by atoms with Crippen LogP contribution in [0.15, 0.2) is 36.4 Å². The third kappa shape index (κ3) is 4.00. The van der Waals surface area contributed by atoms with Crippen molar-refractivity contribution in [2.75, 3.05) is 32.4 Å². The van der Waals surface area contributed by atoms with Gasteiger partial charge < -0.3 is 10.1 Å². The number of aliphatic hydroxyl groups is 1. The number of rotatable bonds is 4. The topological polar surface area (TPSA) is 88.7 Å². The lowest BCUT2D eigenvalue weighted by Crippen LogP contribution is -2.47. The van der Waals surface area contributed by atoms with Gasteiger partial charge in [0, 0.05) is 72.0 Å². The standard InChI is InChI=1S/C22H25ClN4O3S/c1-31(29,30)27-8-6-26(7-9-27)13-14-2-5-19-15(10-14)11-20(25-19)16-3-4-18(23)17-12-24-22(28)21(16)17/h2-5,10-11,22,24-25,28H,6-9,12-13H2,1H3. The van der Waals surface area contributed by atoms with Crippen molar-refractivity contribution in [3.63, 3.8) is 0 Å². The summed E-state index contributed by atoms with van der Waals surface area (Å²) >= 11 is 6.32. The second kappa shape index (κ2) is 7.88. The molecule has 0 bridgehead atoms. The molecule has 164 valence electrons. The first-order chi connectivity index (χ1) is 14.8. The van der Waals surface area contributed by atoms with Crippen LogP contribution < -0.4 is 5.32 Å². The van der Waals surface area contributed by atoms with E-state index in [-0.39, 0.29) is 0 Å². The first-order valence-corrected chi connectivity index (χ1v) is 12.5. The van der Waals surface area contributed by atoms with Crippen LogP contribution in [0.5, 0.6) is 0 Å². The number of aromatic amines is 1. The Hall–Kier alpha value is -1.94. The van der Waals surface area contributed by atoms with Crippen molar-refractivity contribution in [1.82, 2.24) is 19.5 Å². The summed E-state index contributed by atoms with van der Waals surface area (Å²) in [6.45, 7) is 3.87. The lowest BCUT2D eigenvalue weighted by Gasteiger charge is -2.33. The van der Waals surface area contributed by atoms with Crippen LogP contribution in [0.3, 0.4) is 0 Å². The highest BCUT2D eigenvalue weighted by Crippen LogP contribution is 2.38. The molecule has 7 nitrogen and oxygen atoms in total. The summed E-state index contributed by atoms with van der Waals surface area (Å²) in [5.41, 5.74) is 5.90. The highest BCUT2D eigenvalue weighted by Gasteiger charge is 2.26. The number of sulfonamides is 1. The summed E-state index contributed by atoms with van der Waals surface area (Å²) in [5.74, 6) is 0. The molecule has 0 aliphatic carbocycles. The fourth-order valence-electron chi connectivity index (χ4n) is 4.57. The minimum atomic E-state index is -3.11. The van der Waals surface area contributed by atoms with Gasteiger partial charge in [-0.2, -0.15) is 4.31 Å². The van der Waals surface area contributed by atoms with Crippen LogP contribution in [0.1, 0.15) is 22.9 Å². The molecule has 3 aromatic rings. The van der Waals surface area contributed by atoms with E-state index in [0.29, 0.717) is 24.7 Å². The Bertz CT molecular complexity index is 1250. The Morgan fingerprint density at radius 1 is 1.13 bits per heavy atom. The van der Waals surface area contributed by atoms with Crippen LogP contribution >= 0.6 is 11.6 Å². The Morgan fingerprint density at radius 3 is 2.65 bits per heavy atom. The smallest absolute Gasteiger partial charge is 0.211 e. The molecule has 1 aromatic heterocycles. The first-order valence-electron chi connectivity index (χ1n) is 10.3. The molecule has 1 unspecified atom stereocenters. The highest BCUT2D eigenvalue weighted by molar-refractivity contribution is 7.88. The maximum atomic E-state index is 11.7. The fourth-order valence-corrected chi connectivity index (χ4v) is 5.63. The van der Waals surface area contributed by atoms with Crippen molar-refractivity contribution in [1.29, 1.82) is 0 Å². The monoisotopic (exact) mass is 460 g/mol. The van der Waals surface area contributed by atoms with Gasteiger partial charge in [0.25, 0.3) is 0 Å². The molecule has 3 heterocycles. The van der Waals surface area contributed by atoms with Crippen LogP contribution in [0.4, 0.5) is 0 Å². The molecule has 0 spiro atoms. The lowest BCUT2D eigenvalue weighted by atomic mass is 10.00. The van der Waals surface area contributed by atoms with E-state index in [0.717, 1.165) is 52.9 Å². The van der Waals surface area contributed by atoms with Crippen molar-refractivity contribution < 1.29 is 13.5 Å². The predicted molar refractivity (Wildman–Crippen MR) is 122 cm³/mol. The van der Waals surface area contributed by atoms with Crippen molar-refractivity contribution in [3.8, 4) is 11.3 Å². The third-order valence-electron chi connectivity index (χ3n) is 6.23. The van der Waals surface area contributed by atoms with Gasteiger partial charge in [-0.05, 0) is 35.4 Å². The van der Waals surface area contributed by atoms with Crippen molar-refractivity contribution in [2.24, 2.45) is 0 Å². The molecule has 2 aromatic carbocycles. The van der Waals surface area contributed by atoms with E-state index in [2.05, 4.69) is 39.5 Å². The summed E-state index contributed by atoms with van der Waals surface area (Å²) in [4.78, 5) is 5.75. The van der Waals surface area contributed by atoms with E-state index in [4.69, 9.17) is 11.6 Å². The van der Waals surface area contributed by atoms with Gasteiger partial charge in [-0.3, -0.25) is 10.2 Å². The molecule has 1 atom stereocenters. The van der Waals surface area contributed by atoms with Gasteiger partial charge in [0.05, 0.1) is 6.26 Å². The Morgan fingerprint density at radius 2 is 1.90 bits per heavy atom. The predicted octanol–water partition coefficient (Wildman–Crippen LogP) is 2.66. The van der Waals surface area contributed by atoms with Crippen molar-refractivity contribution >= 4 is 32.5 Å². The number of hydrogen-bond acceptors (Lipinski definition) is 5. The molecule has 5 rings (SSSR count). The molecule has 1 fully saturated rings. The molecule has 3 N–H and O–H groups in total. The SMILES string of the molecule is CS(=O)(=O)N1CCN(Cc2ccc3[nH]c(-c4ccc(Cl)c5c4C(O)NC5)cc3c2)CC1. The number of halogens is 1. The lowest BCUT2D eigenvalue weighted by molar-refractivity contribution is 0.152. The van der Waals surface area contributed by atoms with E-state index < -0.39 is 16.3 Å². The average Bonchev–Trinajstić information content (AvgIpc) is 3.32. The summed E-state index contributed by atoms with van der Waals surface area (Å²) in [7, 11) is -3.11. The van der Waals surface area contributed by atoms with Crippen LogP contribution in [0.25, 0.3) is 22.2 Å². The number of fused-ring (bicyclic) bond motifs is 2. The van der Waals surface area contributed by atoms with Gasteiger partial charge in [-0.25, -0.2) is 8.42 Å². The number of aromatic nitrogens is 1. The molecule has 31 heavy (non-hydrogen) atoms. The van der Waals surface area contributed by atoms with Gasteiger partial charge >= 0.3 is 0 Å². The maximum absolute atomic E-state index is 11.7. The Balaban J connectivity index is 1.38. The van der Waals surface area contributed by atoms with Crippen LogP contribution in [-0.2, 0) is 23.1 Å². The van der Waals surface area contributed by atoms with Crippen LogP contribution in [-0.4, -0.2) is 60.1 Å². The Labute approximate surface area is 186 Å². The minimum absolute atomic E-state index is 0.535. The minimum Gasteiger partial charge on any atom is -0.374 e. The van der Waals surface area contributed by atoms with E-state index in [1.807, 2.05) is 12.1 Å². The fraction of sp³-hybridized carbons (Fsp3) is 0.364. The van der Waals surface area contributed by atoms with E-state index in [1.165, 1.54) is 11.8 Å². The zero-order valence-electron chi connectivity index (χ0n) is 17.2. The quantitative estimate of drug-likeness (QED) is 0.557. The van der Waals surface area contributed by atoms with Gasteiger partial charge in [-0.1, -0.05) is 23.7 Å². The van der Waals surface area contributed by atoms with Gasteiger partial charge in [-0.15, -0.1) is 0 Å². The highest BCUT2D eigenvalue weighted by atomic mass is 35.5. The second-order valence-corrected chi connectivity index (χ2v) is 10.7. The number of piperazine rings is 1. The van der Waals surface area contributed by atoms with Crippen molar-refractivity contribution in [2.45, 2.75) is 19.3 Å². The number of nitrogens with one attached hydrogen (secondary N) is 2. The van der Waals surface area contributed by atoms with Gasteiger partial charge in [0.2, 0.25) is 10.0 Å². The first kappa shape index (κ1) is 20.9. The average molecular weight is 461 g/mol.